The monoisotopic (exact) mass is 453 g/mol. The van der Waals surface area contributed by atoms with Gasteiger partial charge in [0.25, 0.3) is 0 Å². The fourth-order valence-electron chi connectivity index (χ4n) is 5.08. The molecule has 5 nitrogen and oxygen atoms in total. The van der Waals surface area contributed by atoms with E-state index in [-0.39, 0.29) is 24.0 Å². The summed E-state index contributed by atoms with van der Waals surface area (Å²) in [5, 5.41) is 11.0. The number of phenols is 1. The van der Waals surface area contributed by atoms with Gasteiger partial charge in [0.15, 0.2) is 0 Å². The second-order valence-electron chi connectivity index (χ2n) is 9.61. The maximum absolute atomic E-state index is 13.5. The number of unbranched alkanes of at least 4 members (excludes halogenated alkanes) is 1. The number of hydrogen-bond donors (Lipinski definition) is 1. The Bertz CT molecular complexity index is 914. The van der Waals surface area contributed by atoms with Gasteiger partial charge in [-0.2, -0.15) is 0 Å². The van der Waals surface area contributed by atoms with Crippen LogP contribution in [0.2, 0.25) is 0 Å². The quantitative estimate of drug-likeness (QED) is 0.523. The Morgan fingerprint density at radius 1 is 1.09 bits per heavy atom. The number of aromatic hydroxyl groups is 1. The van der Waals surface area contributed by atoms with E-state index >= 15 is 0 Å². The van der Waals surface area contributed by atoms with Gasteiger partial charge in [-0.25, -0.2) is 0 Å². The maximum atomic E-state index is 13.5. The Hall–Kier alpha value is -2.69. The van der Waals surface area contributed by atoms with Gasteiger partial charge < -0.3 is 19.5 Å². The zero-order valence-corrected chi connectivity index (χ0v) is 20.8. The molecule has 33 heavy (non-hydrogen) atoms. The van der Waals surface area contributed by atoms with Gasteiger partial charge in [0, 0.05) is 43.1 Å². The summed E-state index contributed by atoms with van der Waals surface area (Å²) in [4.78, 5) is 15.5. The average Bonchev–Trinajstić information content (AvgIpc) is 2.80. The minimum Gasteiger partial charge on any atom is -0.507 e. The molecule has 0 saturated carbocycles. The van der Waals surface area contributed by atoms with Gasteiger partial charge >= 0.3 is 0 Å². The first kappa shape index (κ1) is 24.9. The molecule has 1 saturated heterocycles. The topological polar surface area (TPSA) is 59.0 Å². The third-order valence-electron chi connectivity index (χ3n) is 6.70. The summed E-state index contributed by atoms with van der Waals surface area (Å²) in [6, 6.07) is 11.8. The number of hydrogen-bond acceptors (Lipinski definition) is 4. The summed E-state index contributed by atoms with van der Waals surface area (Å²) in [6.07, 6.45) is 4.78. The first-order valence-corrected chi connectivity index (χ1v) is 12.2. The van der Waals surface area contributed by atoms with Crippen molar-refractivity contribution in [2.24, 2.45) is 11.8 Å². The van der Waals surface area contributed by atoms with E-state index in [0.717, 1.165) is 44.3 Å². The Morgan fingerprint density at radius 2 is 1.76 bits per heavy atom. The normalized spacial score (nSPS) is 19.2. The first-order valence-electron chi connectivity index (χ1n) is 12.2. The highest BCUT2D eigenvalue weighted by Gasteiger charge is 2.31. The van der Waals surface area contributed by atoms with Crippen LogP contribution >= 0.6 is 0 Å². The fourth-order valence-corrected chi connectivity index (χ4v) is 5.08. The largest absolute Gasteiger partial charge is 0.507 e. The molecule has 1 fully saturated rings. The minimum atomic E-state index is -0.314. The average molecular weight is 454 g/mol. The van der Waals surface area contributed by atoms with Crippen molar-refractivity contribution < 1.29 is 19.4 Å². The smallest absolute Gasteiger partial charge is 0.223 e. The Kier molecular flexibility index (Phi) is 8.65. The highest BCUT2D eigenvalue weighted by molar-refractivity contribution is 5.78. The number of phenolic OH excluding ortho intramolecular Hbond substituents is 1. The van der Waals surface area contributed by atoms with Crippen molar-refractivity contribution in [3.05, 3.63) is 53.1 Å². The van der Waals surface area contributed by atoms with E-state index in [1.807, 2.05) is 4.90 Å². The SMILES string of the molecule is CCCCc1ccc(C(CC(=O)N2CC(C)CC(C)C2)c2c(O)cc(OC)cc2OC)cc1. The molecule has 3 atom stereocenters. The van der Waals surface area contributed by atoms with E-state index in [2.05, 4.69) is 45.0 Å². The number of likely N-dealkylation sites (tertiary alicyclic amines) is 1. The number of amides is 1. The number of benzene rings is 2. The van der Waals surface area contributed by atoms with Gasteiger partial charge in [-0.1, -0.05) is 51.5 Å². The summed E-state index contributed by atoms with van der Waals surface area (Å²) in [5.74, 6) is 1.93. The molecular formula is C28H39NO4. The highest BCUT2D eigenvalue weighted by atomic mass is 16.5. The molecule has 3 rings (SSSR count). The van der Waals surface area contributed by atoms with Crippen LogP contribution in [0.15, 0.2) is 36.4 Å². The van der Waals surface area contributed by atoms with Crippen LogP contribution in [0.1, 0.15) is 69.1 Å². The van der Waals surface area contributed by atoms with Gasteiger partial charge in [-0.15, -0.1) is 0 Å². The summed E-state index contributed by atoms with van der Waals surface area (Å²) in [7, 11) is 3.14. The second-order valence-corrected chi connectivity index (χ2v) is 9.61. The van der Waals surface area contributed by atoms with Crippen molar-refractivity contribution in [3.63, 3.8) is 0 Å². The van der Waals surface area contributed by atoms with E-state index < -0.39 is 0 Å². The van der Waals surface area contributed by atoms with E-state index in [0.29, 0.717) is 28.9 Å². The van der Waals surface area contributed by atoms with Gasteiger partial charge in [0.1, 0.15) is 17.2 Å². The molecule has 2 aromatic carbocycles. The van der Waals surface area contributed by atoms with E-state index in [9.17, 15) is 9.90 Å². The molecule has 1 N–H and O–H groups in total. The molecular weight excluding hydrogens is 414 g/mol. The van der Waals surface area contributed by atoms with Gasteiger partial charge in [-0.3, -0.25) is 4.79 Å². The van der Waals surface area contributed by atoms with Crippen LogP contribution in [0.5, 0.6) is 17.2 Å². The number of rotatable bonds is 9. The first-order chi connectivity index (χ1) is 15.9. The van der Waals surface area contributed by atoms with Gasteiger partial charge in [0.2, 0.25) is 5.91 Å². The molecule has 0 aromatic heterocycles. The molecule has 1 amide bonds. The fraction of sp³-hybridized carbons (Fsp3) is 0.536. The van der Waals surface area contributed by atoms with Crippen LogP contribution < -0.4 is 9.47 Å². The molecule has 1 aliphatic rings. The van der Waals surface area contributed by atoms with Gasteiger partial charge in [0.05, 0.1) is 14.2 Å². The van der Waals surface area contributed by atoms with Crippen molar-refractivity contribution in [1.29, 1.82) is 0 Å². The van der Waals surface area contributed by atoms with Crippen LogP contribution in [-0.2, 0) is 11.2 Å². The highest BCUT2D eigenvalue weighted by Crippen LogP contribution is 2.43. The van der Waals surface area contributed by atoms with Crippen molar-refractivity contribution in [2.75, 3.05) is 27.3 Å². The predicted octanol–water partition coefficient (Wildman–Crippen LogP) is 5.78. The van der Waals surface area contributed by atoms with Gasteiger partial charge in [-0.05, 0) is 42.2 Å². The molecule has 0 bridgehead atoms. The second kappa shape index (κ2) is 11.4. The lowest BCUT2D eigenvalue weighted by molar-refractivity contribution is -0.134. The number of ether oxygens (including phenoxy) is 2. The number of piperidine rings is 1. The van der Waals surface area contributed by atoms with Crippen LogP contribution in [0.3, 0.4) is 0 Å². The van der Waals surface area contributed by atoms with Crippen molar-refractivity contribution in [1.82, 2.24) is 4.90 Å². The molecule has 1 aliphatic heterocycles. The molecule has 0 spiro atoms. The predicted molar refractivity (Wildman–Crippen MR) is 132 cm³/mol. The Morgan fingerprint density at radius 3 is 2.33 bits per heavy atom. The lowest BCUT2D eigenvalue weighted by Gasteiger charge is -2.36. The molecule has 180 valence electrons. The summed E-state index contributed by atoms with van der Waals surface area (Å²) in [5.41, 5.74) is 2.92. The summed E-state index contributed by atoms with van der Waals surface area (Å²) >= 11 is 0. The number of nitrogens with zero attached hydrogens (tertiary/aromatic N) is 1. The molecule has 0 aliphatic carbocycles. The van der Waals surface area contributed by atoms with E-state index in [4.69, 9.17) is 9.47 Å². The standard InChI is InChI=1S/C28H39NO4/c1-6-7-8-21-9-11-22(12-10-21)24(16-27(31)29-17-19(2)13-20(3)18-29)28-25(30)14-23(32-4)15-26(28)33-5/h9-12,14-15,19-20,24,30H,6-8,13,16-18H2,1-5H3. The van der Waals surface area contributed by atoms with Crippen molar-refractivity contribution in [2.45, 2.75) is 58.8 Å². The number of carbonyl (C=O) groups excluding carboxylic acids is 1. The zero-order valence-electron chi connectivity index (χ0n) is 20.8. The van der Waals surface area contributed by atoms with E-state index in [1.165, 1.54) is 5.56 Å². The van der Waals surface area contributed by atoms with Crippen LogP contribution in [0, 0.1) is 11.8 Å². The molecule has 0 radical (unpaired) electrons. The maximum Gasteiger partial charge on any atom is 0.223 e. The van der Waals surface area contributed by atoms with E-state index in [1.54, 1.807) is 26.4 Å². The summed E-state index contributed by atoms with van der Waals surface area (Å²) < 4.78 is 11.0. The van der Waals surface area contributed by atoms with Crippen LogP contribution in [0.25, 0.3) is 0 Å². The third-order valence-corrected chi connectivity index (χ3v) is 6.70. The minimum absolute atomic E-state index is 0.0828. The van der Waals surface area contributed by atoms with Crippen molar-refractivity contribution >= 4 is 5.91 Å². The van der Waals surface area contributed by atoms with Crippen molar-refractivity contribution in [3.8, 4) is 17.2 Å². The molecule has 1 heterocycles. The lowest BCUT2D eigenvalue weighted by Crippen LogP contribution is -2.43. The van der Waals surface area contributed by atoms with Crippen LogP contribution in [-0.4, -0.2) is 43.2 Å². The Labute approximate surface area is 198 Å². The number of aryl methyl sites for hydroxylation is 1. The summed E-state index contributed by atoms with van der Waals surface area (Å²) in [6.45, 7) is 8.19. The number of carbonyl (C=O) groups is 1. The Balaban J connectivity index is 1.97. The van der Waals surface area contributed by atoms with Crippen LogP contribution in [0.4, 0.5) is 0 Å². The zero-order chi connectivity index (χ0) is 24.0. The molecule has 3 unspecified atom stereocenters. The molecule has 2 aromatic rings. The lowest BCUT2D eigenvalue weighted by atomic mass is 9.85. The third kappa shape index (κ3) is 6.21. The number of methoxy groups -OCH3 is 2. The molecule has 5 heteroatoms.